The van der Waals surface area contributed by atoms with Crippen LogP contribution in [0.1, 0.15) is 20.3 Å². The molecule has 1 aliphatic heterocycles. The molecule has 0 bridgehead atoms. The van der Waals surface area contributed by atoms with Gasteiger partial charge < -0.3 is 20.0 Å². The third-order valence-corrected chi connectivity index (χ3v) is 3.65. The number of nitrogens with one attached hydrogen (secondary N) is 1. The van der Waals surface area contributed by atoms with E-state index in [2.05, 4.69) is 43.9 Å². The van der Waals surface area contributed by atoms with Crippen molar-refractivity contribution >= 4 is 17.8 Å². The molecule has 1 N–H and O–H groups in total. The average molecular weight is 293 g/mol. The number of likely N-dealkylation sites (N-methyl/N-ethyl adjacent to an activating group) is 1. The fraction of sp³-hybridized carbons (Fsp3) is 0.786. The Bertz CT molecular complexity index is 441. The van der Waals surface area contributed by atoms with E-state index < -0.39 is 0 Å². The first kappa shape index (κ1) is 15.8. The summed E-state index contributed by atoms with van der Waals surface area (Å²) >= 11 is 0. The smallest absolute Gasteiger partial charge is 0.232 e. The predicted molar refractivity (Wildman–Crippen MR) is 87.3 cm³/mol. The van der Waals surface area contributed by atoms with Gasteiger partial charge in [-0.05, 0) is 13.0 Å². The Hall–Kier alpha value is -1.63. The van der Waals surface area contributed by atoms with E-state index in [-0.39, 0.29) is 0 Å². The zero-order valence-corrected chi connectivity index (χ0v) is 13.6. The van der Waals surface area contributed by atoms with Crippen molar-refractivity contribution in [2.24, 2.45) is 0 Å². The highest BCUT2D eigenvalue weighted by molar-refractivity contribution is 5.44. The first-order chi connectivity index (χ1) is 10.1. The molecule has 0 unspecified atom stereocenters. The second kappa shape index (κ2) is 7.40. The molecule has 7 heteroatoms. The molecule has 0 aromatic carbocycles. The molecular formula is C14H27N7. The third kappa shape index (κ3) is 4.17. The number of nitrogens with zero attached hydrogens (tertiary/aromatic N) is 6. The van der Waals surface area contributed by atoms with Crippen LogP contribution in [0.5, 0.6) is 0 Å². The Kier molecular flexibility index (Phi) is 5.55. The van der Waals surface area contributed by atoms with Crippen LogP contribution in [0.3, 0.4) is 0 Å². The molecule has 7 nitrogen and oxygen atoms in total. The van der Waals surface area contributed by atoms with E-state index in [4.69, 9.17) is 0 Å². The lowest BCUT2D eigenvalue weighted by Gasteiger charge is -2.34. The van der Waals surface area contributed by atoms with Gasteiger partial charge in [-0.3, -0.25) is 0 Å². The summed E-state index contributed by atoms with van der Waals surface area (Å²) in [6.45, 7) is 10.4. The van der Waals surface area contributed by atoms with Crippen LogP contribution in [-0.4, -0.2) is 73.2 Å². The van der Waals surface area contributed by atoms with Crippen molar-refractivity contribution in [1.82, 2.24) is 19.9 Å². The number of hydrogen-bond acceptors (Lipinski definition) is 7. The molecular weight excluding hydrogens is 266 g/mol. The summed E-state index contributed by atoms with van der Waals surface area (Å²) in [6.07, 6.45) is 1.05. The van der Waals surface area contributed by atoms with Gasteiger partial charge in [0.15, 0.2) is 0 Å². The normalized spacial score (nSPS) is 16.1. The molecule has 1 aromatic heterocycles. The van der Waals surface area contributed by atoms with Crippen molar-refractivity contribution < 1.29 is 0 Å². The maximum atomic E-state index is 4.59. The van der Waals surface area contributed by atoms with Gasteiger partial charge in [-0.15, -0.1) is 0 Å². The predicted octanol–water partition coefficient (Wildman–Crippen LogP) is 0.901. The molecule has 118 valence electrons. The Balaban J connectivity index is 2.15. The molecule has 1 saturated heterocycles. The van der Waals surface area contributed by atoms with Crippen molar-refractivity contribution in [3.63, 3.8) is 0 Å². The van der Waals surface area contributed by atoms with E-state index in [9.17, 15) is 0 Å². The number of hydrogen-bond donors (Lipinski definition) is 1. The monoisotopic (exact) mass is 293 g/mol. The first-order valence-corrected chi connectivity index (χ1v) is 7.78. The van der Waals surface area contributed by atoms with Gasteiger partial charge in [-0.1, -0.05) is 13.8 Å². The maximum Gasteiger partial charge on any atom is 0.232 e. The highest BCUT2D eigenvalue weighted by Gasteiger charge is 2.19. The molecule has 1 aromatic rings. The average Bonchev–Trinajstić information content (AvgIpc) is 2.52. The van der Waals surface area contributed by atoms with E-state index in [0.717, 1.165) is 51.6 Å². The van der Waals surface area contributed by atoms with Gasteiger partial charge in [-0.25, -0.2) is 0 Å². The van der Waals surface area contributed by atoms with Crippen molar-refractivity contribution in [2.45, 2.75) is 20.3 Å². The molecule has 0 spiro atoms. The van der Waals surface area contributed by atoms with E-state index in [1.165, 1.54) is 0 Å². The van der Waals surface area contributed by atoms with Crippen LogP contribution >= 0.6 is 0 Å². The van der Waals surface area contributed by atoms with E-state index >= 15 is 0 Å². The quantitative estimate of drug-likeness (QED) is 0.836. The van der Waals surface area contributed by atoms with Gasteiger partial charge in [0.25, 0.3) is 0 Å². The Labute approximate surface area is 127 Å². The minimum absolute atomic E-state index is 0.670. The molecule has 0 atom stereocenters. The Morgan fingerprint density at radius 1 is 1.05 bits per heavy atom. The van der Waals surface area contributed by atoms with E-state index in [1.807, 2.05) is 19.0 Å². The fourth-order valence-corrected chi connectivity index (χ4v) is 2.28. The SMILES string of the molecule is CCCNc1nc(N(C)C)nc(N2CCN(CC)CC2)n1. The molecule has 2 rings (SSSR count). The minimum Gasteiger partial charge on any atom is -0.354 e. The maximum absolute atomic E-state index is 4.59. The zero-order chi connectivity index (χ0) is 15.2. The zero-order valence-electron chi connectivity index (χ0n) is 13.6. The summed E-state index contributed by atoms with van der Waals surface area (Å²) in [5, 5.41) is 3.26. The summed E-state index contributed by atoms with van der Waals surface area (Å²) in [7, 11) is 3.91. The molecule has 0 amide bonds. The van der Waals surface area contributed by atoms with Crippen LogP contribution in [0.25, 0.3) is 0 Å². The minimum atomic E-state index is 0.670. The lowest BCUT2D eigenvalue weighted by molar-refractivity contribution is 0.270. The largest absolute Gasteiger partial charge is 0.354 e. The molecule has 0 radical (unpaired) electrons. The van der Waals surface area contributed by atoms with Crippen LogP contribution < -0.4 is 15.1 Å². The van der Waals surface area contributed by atoms with Crippen molar-refractivity contribution in [3.8, 4) is 0 Å². The standard InChI is InChI=1S/C14H27N7/c1-5-7-15-12-16-13(19(3)4)18-14(17-12)21-10-8-20(6-2)9-11-21/h5-11H2,1-4H3,(H,15,16,17,18). The highest BCUT2D eigenvalue weighted by Crippen LogP contribution is 2.16. The third-order valence-electron chi connectivity index (χ3n) is 3.65. The van der Waals surface area contributed by atoms with Gasteiger partial charge in [0.2, 0.25) is 17.8 Å². The van der Waals surface area contributed by atoms with Crippen LogP contribution in [0, 0.1) is 0 Å². The second-order valence-corrected chi connectivity index (χ2v) is 5.50. The summed E-state index contributed by atoms with van der Waals surface area (Å²) in [6, 6.07) is 0. The molecule has 0 saturated carbocycles. The van der Waals surface area contributed by atoms with E-state index in [0.29, 0.717) is 11.9 Å². The van der Waals surface area contributed by atoms with Gasteiger partial charge in [-0.2, -0.15) is 15.0 Å². The fourth-order valence-electron chi connectivity index (χ4n) is 2.28. The lowest BCUT2D eigenvalue weighted by Crippen LogP contribution is -2.47. The van der Waals surface area contributed by atoms with Gasteiger partial charge in [0.05, 0.1) is 0 Å². The van der Waals surface area contributed by atoms with Crippen LogP contribution in [0.15, 0.2) is 0 Å². The van der Waals surface area contributed by atoms with Crippen LogP contribution in [0.2, 0.25) is 0 Å². The molecule has 0 aliphatic carbocycles. The number of anilines is 3. The lowest BCUT2D eigenvalue weighted by atomic mass is 10.3. The summed E-state index contributed by atoms with van der Waals surface area (Å²) in [4.78, 5) is 20.2. The Morgan fingerprint density at radius 2 is 1.76 bits per heavy atom. The van der Waals surface area contributed by atoms with Gasteiger partial charge in [0.1, 0.15) is 0 Å². The van der Waals surface area contributed by atoms with Crippen molar-refractivity contribution in [2.75, 3.05) is 68.5 Å². The molecule has 1 aliphatic rings. The molecule has 21 heavy (non-hydrogen) atoms. The van der Waals surface area contributed by atoms with E-state index in [1.54, 1.807) is 0 Å². The van der Waals surface area contributed by atoms with Gasteiger partial charge in [0, 0.05) is 46.8 Å². The first-order valence-electron chi connectivity index (χ1n) is 7.78. The number of rotatable bonds is 6. The van der Waals surface area contributed by atoms with Crippen LogP contribution in [-0.2, 0) is 0 Å². The second-order valence-electron chi connectivity index (χ2n) is 5.50. The summed E-state index contributed by atoms with van der Waals surface area (Å²) in [5.74, 6) is 2.16. The molecule has 1 fully saturated rings. The van der Waals surface area contributed by atoms with Crippen LogP contribution in [0.4, 0.5) is 17.8 Å². The van der Waals surface area contributed by atoms with Crippen molar-refractivity contribution in [1.29, 1.82) is 0 Å². The topological polar surface area (TPSA) is 60.4 Å². The summed E-state index contributed by atoms with van der Waals surface area (Å²) < 4.78 is 0. The molecule has 2 heterocycles. The van der Waals surface area contributed by atoms with Crippen molar-refractivity contribution in [3.05, 3.63) is 0 Å². The number of aromatic nitrogens is 3. The summed E-state index contributed by atoms with van der Waals surface area (Å²) in [5.41, 5.74) is 0. The number of piperazine rings is 1. The highest BCUT2D eigenvalue weighted by atomic mass is 15.4. The van der Waals surface area contributed by atoms with Gasteiger partial charge >= 0.3 is 0 Å². The Morgan fingerprint density at radius 3 is 2.33 bits per heavy atom.